The van der Waals surface area contributed by atoms with Crippen LogP contribution in [0.25, 0.3) is 44.5 Å². The van der Waals surface area contributed by atoms with Crippen LogP contribution >= 0.6 is 0 Å². The Balaban J connectivity index is 0.000000170. The van der Waals surface area contributed by atoms with Crippen LogP contribution < -0.4 is 5.19 Å². The molecule has 3 nitrogen and oxygen atoms in total. The molecule has 8 rings (SSSR count). The summed E-state index contributed by atoms with van der Waals surface area (Å²) >= 11 is 0. The molecule has 1 aliphatic rings. The van der Waals surface area contributed by atoms with Crippen molar-refractivity contribution >= 4 is 35.2 Å². The molecule has 1 fully saturated rings. The maximum atomic E-state index is 5.90. The average molecular weight is 849 g/mol. The van der Waals surface area contributed by atoms with Crippen LogP contribution in [0.15, 0.2) is 126 Å². The Morgan fingerprint density at radius 2 is 1.40 bits per heavy atom. The van der Waals surface area contributed by atoms with E-state index in [1.807, 2.05) is 36.7 Å². The third-order valence-electron chi connectivity index (χ3n) is 9.95. The van der Waals surface area contributed by atoms with Crippen molar-refractivity contribution in [3.05, 3.63) is 150 Å². The van der Waals surface area contributed by atoms with Gasteiger partial charge in [-0.25, -0.2) is 0 Å². The minimum absolute atomic E-state index is 0. The van der Waals surface area contributed by atoms with Crippen molar-refractivity contribution in [2.24, 2.45) is 5.92 Å². The molecule has 1 aliphatic carbocycles. The number of hydrogen-bond donors (Lipinski definition) is 0. The van der Waals surface area contributed by atoms with Gasteiger partial charge in [-0.2, -0.15) is 0 Å². The maximum Gasteiger partial charge on any atom is 0.120 e. The molecule has 1 radical (unpaired) electrons. The fourth-order valence-corrected chi connectivity index (χ4v) is 8.10. The van der Waals surface area contributed by atoms with Gasteiger partial charge in [0.1, 0.15) is 5.58 Å². The Bertz CT molecular complexity index is 2160. The fourth-order valence-electron chi connectivity index (χ4n) is 6.96. The molecule has 0 saturated heterocycles. The van der Waals surface area contributed by atoms with Gasteiger partial charge in [0.2, 0.25) is 0 Å². The van der Waals surface area contributed by atoms with Crippen LogP contribution in [-0.4, -0.2) is 18.0 Å². The Hall–Kier alpha value is -4.15. The van der Waals surface area contributed by atoms with Crippen molar-refractivity contribution in [1.82, 2.24) is 9.97 Å². The minimum Gasteiger partial charge on any atom is -0.500 e. The van der Waals surface area contributed by atoms with Crippen LogP contribution in [0.4, 0.5) is 0 Å². The van der Waals surface area contributed by atoms with Crippen molar-refractivity contribution in [3.63, 3.8) is 0 Å². The summed E-state index contributed by atoms with van der Waals surface area (Å²) in [6.07, 6.45) is 10.6. The third kappa shape index (κ3) is 8.24. The number of para-hydroxylation sites is 1. The van der Waals surface area contributed by atoms with Gasteiger partial charge in [-0.05, 0) is 53.4 Å². The fraction of sp³-hybridized carbons (Fsp3) is 0.244. The molecule has 1 atom stereocenters. The first kappa shape index (κ1) is 35.7. The summed E-state index contributed by atoms with van der Waals surface area (Å²) in [5.41, 5.74) is 9.94. The van der Waals surface area contributed by atoms with Gasteiger partial charge in [-0.1, -0.05) is 129 Å². The maximum absolute atomic E-state index is 5.90. The van der Waals surface area contributed by atoms with Gasteiger partial charge in [0.15, 0.2) is 0 Å². The molecule has 1 saturated carbocycles. The smallest absolute Gasteiger partial charge is 0.120 e. The Morgan fingerprint density at radius 1 is 0.700 bits per heavy atom. The van der Waals surface area contributed by atoms with Crippen molar-refractivity contribution in [2.45, 2.75) is 64.6 Å². The van der Waals surface area contributed by atoms with Gasteiger partial charge in [-0.15, -0.1) is 59.2 Å². The molecule has 3 heterocycles. The number of fused-ring (bicyclic) bond motifs is 3. The van der Waals surface area contributed by atoms with Crippen molar-refractivity contribution in [3.8, 4) is 22.5 Å². The van der Waals surface area contributed by atoms with E-state index < -0.39 is 8.07 Å². The summed E-state index contributed by atoms with van der Waals surface area (Å²) in [4.78, 5) is 9.14. The van der Waals surface area contributed by atoms with Gasteiger partial charge in [-0.3, -0.25) is 0 Å². The zero-order valence-corrected chi connectivity index (χ0v) is 32.8. The number of hydrogen-bond acceptors (Lipinski definition) is 3. The number of rotatable bonds is 7. The molecule has 7 aromatic rings. The molecule has 0 spiro atoms. The van der Waals surface area contributed by atoms with Gasteiger partial charge in [0.25, 0.3) is 0 Å². The molecular weight excluding hydrogens is 805 g/mol. The van der Waals surface area contributed by atoms with E-state index in [0.717, 1.165) is 50.4 Å². The van der Waals surface area contributed by atoms with Crippen LogP contribution in [0.5, 0.6) is 0 Å². The molecule has 255 valence electrons. The van der Waals surface area contributed by atoms with Gasteiger partial charge >= 0.3 is 0 Å². The molecule has 4 aromatic carbocycles. The summed E-state index contributed by atoms with van der Waals surface area (Å²) in [6, 6.07) is 44.9. The first-order valence-electron chi connectivity index (χ1n) is 17.6. The Morgan fingerprint density at radius 3 is 2.14 bits per heavy atom. The second kappa shape index (κ2) is 15.8. The summed E-state index contributed by atoms with van der Waals surface area (Å²) < 4.78 is 5.90. The van der Waals surface area contributed by atoms with Gasteiger partial charge < -0.3 is 14.4 Å². The molecular formula is C45H44IrN2OSi-2. The summed E-state index contributed by atoms with van der Waals surface area (Å²) in [6.45, 7) is 9.32. The van der Waals surface area contributed by atoms with Crippen LogP contribution in [0, 0.1) is 18.1 Å². The topological polar surface area (TPSA) is 38.9 Å². The van der Waals surface area contributed by atoms with Crippen LogP contribution in [0.2, 0.25) is 19.6 Å². The predicted octanol–water partition coefficient (Wildman–Crippen LogP) is 11.4. The number of nitrogens with zero attached hydrogens (tertiary/aromatic N) is 2. The minimum atomic E-state index is -1.32. The molecule has 0 bridgehead atoms. The van der Waals surface area contributed by atoms with Crippen molar-refractivity contribution in [1.29, 1.82) is 0 Å². The zero-order valence-electron chi connectivity index (χ0n) is 29.4. The van der Waals surface area contributed by atoms with Gasteiger partial charge in [0, 0.05) is 37.9 Å². The van der Waals surface area contributed by atoms with E-state index in [1.165, 1.54) is 54.0 Å². The van der Waals surface area contributed by atoms with E-state index in [0.29, 0.717) is 5.92 Å². The molecule has 3 aromatic heterocycles. The SMILES string of the molecule is CC(c1c[c-]c(-c2cc([Si](C)(C)C)ccn2)cc1)c1ccccc1.[Ir].[c-]1cc2oc3ccccc3c2cc1-c1cc(CC2CCCC2)ccn1. The predicted molar refractivity (Wildman–Crippen MR) is 207 cm³/mol. The zero-order chi connectivity index (χ0) is 33.8. The number of pyridine rings is 2. The number of aromatic nitrogens is 2. The van der Waals surface area contributed by atoms with E-state index >= 15 is 0 Å². The molecule has 0 N–H and O–H groups in total. The van der Waals surface area contributed by atoms with E-state index in [4.69, 9.17) is 4.42 Å². The quantitative estimate of drug-likeness (QED) is 0.118. The first-order chi connectivity index (χ1) is 23.8. The molecule has 0 amide bonds. The standard InChI is InChI=1S/C23H20NO.C22H24NSi.Ir/c1-2-6-16(5-1)13-17-11-12-24-21(14-17)18-9-10-23-20(15-18)19-7-3-4-8-22(19)25-23;1-17(18-8-6-5-7-9-18)19-10-12-20(13-11-19)22-16-21(14-15-23-22)24(2,3)4;/h3-4,7-8,10-12,14-16H,1-2,5-6,13H2;5-12,14-17H,1-4H3;/q2*-1;. The molecule has 1 unspecified atom stereocenters. The van der Waals surface area contributed by atoms with Gasteiger partial charge in [0.05, 0.1) is 13.7 Å². The van der Waals surface area contributed by atoms with Crippen LogP contribution in [0.3, 0.4) is 0 Å². The molecule has 50 heavy (non-hydrogen) atoms. The summed E-state index contributed by atoms with van der Waals surface area (Å²) in [7, 11) is -1.32. The van der Waals surface area contributed by atoms with E-state index in [9.17, 15) is 0 Å². The average Bonchev–Trinajstić information content (AvgIpc) is 3.79. The molecule has 5 heteroatoms. The third-order valence-corrected chi connectivity index (χ3v) is 12.0. The molecule has 0 aliphatic heterocycles. The van der Waals surface area contributed by atoms with E-state index in [1.54, 1.807) is 0 Å². The normalized spacial score (nSPS) is 13.8. The monoisotopic (exact) mass is 849 g/mol. The number of benzene rings is 4. The Labute approximate surface area is 311 Å². The summed E-state index contributed by atoms with van der Waals surface area (Å²) in [5, 5.41) is 3.71. The second-order valence-corrected chi connectivity index (χ2v) is 19.6. The Kier molecular flexibility index (Phi) is 11.3. The summed E-state index contributed by atoms with van der Waals surface area (Å²) in [5.74, 6) is 1.22. The van der Waals surface area contributed by atoms with Crippen LogP contribution in [0.1, 0.15) is 55.2 Å². The van der Waals surface area contributed by atoms with E-state index in [2.05, 4.69) is 134 Å². The second-order valence-electron chi connectivity index (χ2n) is 14.5. The first-order valence-corrected chi connectivity index (χ1v) is 21.1. The largest absolute Gasteiger partial charge is 0.500 e. The van der Waals surface area contributed by atoms with Crippen molar-refractivity contribution in [2.75, 3.05) is 0 Å². The van der Waals surface area contributed by atoms with Crippen molar-refractivity contribution < 1.29 is 24.5 Å². The van der Waals surface area contributed by atoms with E-state index in [-0.39, 0.29) is 20.1 Å². The van der Waals surface area contributed by atoms with Crippen LogP contribution in [-0.2, 0) is 26.5 Å². The number of furan rings is 1.